The van der Waals surface area contributed by atoms with Crippen molar-refractivity contribution in [3.05, 3.63) is 58.5 Å². The number of rotatable bonds is 7. The van der Waals surface area contributed by atoms with Gasteiger partial charge in [0.2, 0.25) is 0 Å². The molecule has 1 saturated heterocycles. The van der Waals surface area contributed by atoms with Crippen LogP contribution in [0.1, 0.15) is 15.4 Å². The number of benzene rings is 1. The predicted molar refractivity (Wildman–Crippen MR) is 137 cm³/mol. The average Bonchev–Trinajstić information content (AvgIpc) is 3.33. The van der Waals surface area contributed by atoms with E-state index in [1.165, 1.54) is 9.18 Å². The first kappa shape index (κ1) is 26.8. The first-order chi connectivity index (χ1) is 15.8. The number of hydrogen-bond donors (Lipinski definition) is 1. The van der Waals surface area contributed by atoms with Crippen molar-refractivity contribution in [1.82, 2.24) is 24.5 Å². The number of thiophene rings is 1. The molecule has 1 aliphatic heterocycles. The van der Waals surface area contributed by atoms with Gasteiger partial charge < -0.3 is 4.90 Å². The van der Waals surface area contributed by atoms with Crippen LogP contribution in [-0.4, -0.2) is 90.1 Å². The monoisotopic (exact) mass is 581 g/mol. The molecular formula is C22H25AsClN5O3S2. The Morgan fingerprint density at radius 3 is 2.50 bits per heavy atom. The van der Waals surface area contributed by atoms with Gasteiger partial charge in [0.1, 0.15) is 0 Å². The number of carbonyl (C=O) groups excluding carboxylic acids is 1. The summed E-state index contributed by atoms with van der Waals surface area (Å²) in [5.74, 6) is -0.286. The van der Waals surface area contributed by atoms with E-state index in [1.54, 1.807) is 41.8 Å². The van der Waals surface area contributed by atoms with Crippen molar-refractivity contribution in [2.75, 3.05) is 39.8 Å². The standard InChI is InChI=1S/C22H24AsN5O3S2.ClH/c1-27-10-12-28(13-11-27)33(30,31)18-6-4-16(5-7-18)19-15-25-21(23)20(26-19)22(29)24-9-8-17-3-2-14-32-17;/h2-7,14-15H,8-13H2,1H3,(H,24,29);1H. The summed E-state index contributed by atoms with van der Waals surface area (Å²) in [4.78, 5) is 25.0. The first-order valence-electron chi connectivity index (χ1n) is 10.5. The van der Waals surface area contributed by atoms with Crippen LogP contribution in [0, 0.1) is 0 Å². The van der Waals surface area contributed by atoms with E-state index in [9.17, 15) is 13.2 Å². The maximum atomic E-state index is 12.9. The fourth-order valence-corrected chi connectivity index (χ4v) is 6.06. The van der Waals surface area contributed by atoms with Gasteiger partial charge in [-0.15, -0.1) is 12.4 Å². The second-order valence-electron chi connectivity index (χ2n) is 7.74. The summed E-state index contributed by atoms with van der Waals surface area (Å²) in [5, 5.41) is 4.90. The third kappa shape index (κ3) is 6.24. The summed E-state index contributed by atoms with van der Waals surface area (Å²) in [6, 6.07) is 10.6. The normalized spacial score (nSPS) is 15.0. The van der Waals surface area contributed by atoms with Gasteiger partial charge in [-0.3, -0.25) is 0 Å². The molecule has 4 rings (SSSR count). The molecular weight excluding hydrogens is 557 g/mol. The van der Waals surface area contributed by atoms with Crippen molar-refractivity contribution in [2.45, 2.75) is 11.3 Å². The SMILES string of the molecule is CN1CCN(S(=O)(=O)c2ccc(-c3cnc([As])c(C(=O)NCCc4cccs4)n3)cc2)CC1.Cl. The molecule has 12 heteroatoms. The van der Waals surface area contributed by atoms with Crippen molar-refractivity contribution < 1.29 is 13.2 Å². The van der Waals surface area contributed by atoms with Gasteiger partial charge in [-0.2, -0.15) is 0 Å². The third-order valence-electron chi connectivity index (χ3n) is 5.46. The van der Waals surface area contributed by atoms with Crippen LogP contribution < -0.4 is 9.80 Å². The van der Waals surface area contributed by atoms with Gasteiger partial charge in [0.15, 0.2) is 0 Å². The molecule has 2 radical (unpaired) electrons. The minimum absolute atomic E-state index is 0. The van der Waals surface area contributed by atoms with Crippen LogP contribution in [-0.2, 0) is 16.4 Å². The number of hydrogen-bond acceptors (Lipinski definition) is 7. The van der Waals surface area contributed by atoms with Gasteiger partial charge in [-0.05, 0) is 7.05 Å². The molecule has 1 aliphatic rings. The summed E-state index contributed by atoms with van der Waals surface area (Å²) in [6.45, 7) is 2.90. The summed E-state index contributed by atoms with van der Waals surface area (Å²) >= 11 is 3.92. The molecule has 3 heterocycles. The molecule has 180 valence electrons. The van der Waals surface area contributed by atoms with Crippen LogP contribution in [0.3, 0.4) is 0 Å². The zero-order chi connectivity index (χ0) is 23.4. The Balaban J connectivity index is 0.00000324. The van der Waals surface area contributed by atoms with Gasteiger partial charge in [-0.25, -0.2) is 0 Å². The van der Waals surface area contributed by atoms with Gasteiger partial charge in [0, 0.05) is 0 Å². The first-order valence-corrected chi connectivity index (χ1v) is 13.8. The molecule has 1 aromatic carbocycles. The molecule has 1 N–H and O–H groups in total. The topological polar surface area (TPSA) is 95.5 Å². The molecule has 3 aromatic rings. The molecule has 34 heavy (non-hydrogen) atoms. The Kier molecular flexibility index (Phi) is 9.26. The molecule has 1 amide bonds. The number of sulfonamides is 1. The van der Waals surface area contributed by atoms with Crippen LogP contribution in [0.25, 0.3) is 11.3 Å². The summed E-state index contributed by atoms with van der Waals surface area (Å²) < 4.78 is 27.9. The van der Waals surface area contributed by atoms with Gasteiger partial charge in [-0.1, -0.05) is 0 Å². The van der Waals surface area contributed by atoms with Crippen LogP contribution in [0.15, 0.2) is 52.9 Å². The fraction of sp³-hybridized carbons (Fsp3) is 0.318. The number of halogens is 1. The molecule has 0 unspecified atom stereocenters. The van der Waals surface area contributed by atoms with E-state index >= 15 is 0 Å². The Labute approximate surface area is 218 Å². The average molecular weight is 582 g/mol. The number of likely N-dealkylation sites (N-methyl/N-ethyl adjacent to an activating group) is 1. The van der Waals surface area contributed by atoms with E-state index in [2.05, 4.69) is 37.0 Å². The quantitative estimate of drug-likeness (QED) is 0.423. The number of nitrogens with zero attached hydrogens (tertiary/aromatic N) is 4. The Morgan fingerprint density at radius 1 is 1.15 bits per heavy atom. The molecule has 8 nitrogen and oxygen atoms in total. The maximum absolute atomic E-state index is 12.9. The number of aromatic nitrogens is 2. The van der Waals surface area contributed by atoms with Crippen molar-refractivity contribution in [3.63, 3.8) is 0 Å². The number of nitrogens with one attached hydrogen (secondary N) is 1. The zero-order valence-corrected chi connectivity index (χ0v) is 22.9. The minimum atomic E-state index is -3.54. The van der Waals surface area contributed by atoms with Crippen LogP contribution in [0.4, 0.5) is 0 Å². The van der Waals surface area contributed by atoms with Gasteiger partial charge >= 0.3 is 195 Å². The van der Waals surface area contributed by atoms with Crippen molar-refractivity contribution in [1.29, 1.82) is 0 Å². The Morgan fingerprint density at radius 2 is 1.85 bits per heavy atom. The molecule has 0 atom stereocenters. The van der Waals surface area contributed by atoms with Crippen molar-refractivity contribution in [2.24, 2.45) is 0 Å². The van der Waals surface area contributed by atoms with Gasteiger partial charge in [0.05, 0.1) is 0 Å². The molecule has 1 fully saturated rings. The van der Waals surface area contributed by atoms with Crippen molar-refractivity contribution in [3.8, 4) is 11.3 Å². The van der Waals surface area contributed by atoms with Crippen LogP contribution >= 0.6 is 23.7 Å². The van der Waals surface area contributed by atoms with E-state index < -0.39 is 10.0 Å². The van der Waals surface area contributed by atoms with E-state index in [0.29, 0.717) is 48.5 Å². The van der Waals surface area contributed by atoms with Crippen LogP contribution in [0.2, 0.25) is 0 Å². The Bertz CT molecular complexity index is 1220. The number of piperazine rings is 1. The van der Waals surface area contributed by atoms with E-state index in [4.69, 9.17) is 0 Å². The van der Waals surface area contributed by atoms with Crippen molar-refractivity contribution >= 4 is 61.0 Å². The molecule has 0 saturated carbocycles. The summed E-state index contributed by atoms with van der Waals surface area (Å²) in [7, 11) is -1.55. The summed E-state index contributed by atoms with van der Waals surface area (Å²) in [6.07, 6.45) is 2.34. The number of amides is 1. The predicted octanol–water partition coefficient (Wildman–Crippen LogP) is 1.33. The molecule has 0 aliphatic carbocycles. The van der Waals surface area contributed by atoms with E-state index in [-0.39, 0.29) is 28.9 Å². The number of carbonyl (C=O) groups is 1. The zero-order valence-electron chi connectivity index (χ0n) is 18.5. The third-order valence-corrected chi connectivity index (χ3v) is 8.99. The fourth-order valence-electron chi connectivity index (χ4n) is 3.49. The smallest absolute Gasteiger partial charge is 0.147 e. The molecule has 2 aromatic heterocycles. The van der Waals surface area contributed by atoms with Gasteiger partial charge in [0.25, 0.3) is 0 Å². The molecule has 0 spiro atoms. The second kappa shape index (κ2) is 11.7. The molecule has 0 bridgehead atoms. The van der Waals surface area contributed by atoms with E-state index in [1.807, 2.05) is 24.6 Å². The Hall–Kier alpha value is -1.81. The van der Waals surface area contributed by atoms with Crippen LogP contribution in [0.5, 0.6) is 0 Å². The second-order valence-corrected chi connectivity index (χ2v) is 11.6. The summed E-state index contributed by atoms with van der Waals surface area (Å²) in [5.41, 5.74) is 1.45. The van der Waals surface area contributed by atoms with E-state index in [0.717, 1.165) is 6.42 Å². The minimum Gasteiger partial charge on any atom is -0.147 e.